The van der Waals surface area contributed by atoms with E-state index >= 15 is 0 Å². The number of benzene rings is 3. The van der Waals surface area contributed by atoms with E-state index in [1.165, 1.54) is 23.2 Å². The van der Waals surface area contributed by atoms with Crippen molar-refractivity contribution in [3.05, 3.63) is 113 Å². The van der Waals surface area contributed by atoms with Crippen molar-refractivity contribution >= 4 is 44.7 Å². The normalized spacial score (nSPS) is 14.2. The molecular formula is C32H31N5O5S. The first kappa shape index (κ1) is 29.6. The minimum absolute atomic E-state index is 0.0583. The Hall–Kier alpha value is -4.87. The summed E-state index contributed by atoms with van der Waals surface area (Å²) in [6.07, 6.45) is 3.28. The van der Waals surface area contributed by atoms with Crippen LogP contribution in [0.3, 0.4) is 0 Å². The van der Waals surface area contributed by atoms with E-state index in [1.807, 2.05) is 30.3 Å². The second kappa shape index (κ2) is 11.8. The van der Waals surface area contributed by atoms with Gasteiger partial charge in [0.2, 0.25) is 14.7 Å². The van der Waals surface area contributed by atoms with Crippen molar-refractivity contribution in [1.82, 2.24) is 9.88 Å². The quantitative estimate of drug-likeness (QED) is 0.156. The molecule has 1 unspecified atom stereocenters. The van der Waals surface area contributed by atoms with E-state index in [0.717, 1.165) is 5.56 Å². The highest BCUT2D eigenvalue weighted by atomic mass is 32.2. The molecule has 1 aliphatic carbocycles. The first-order chi connectivity index (χ1) is 20.6. The highest BCUT2D eigenvalue weighted by molar-refractivity contribution is 7.94. The molecule has 0 aliphatic heterocycles. The average molecular weight is 598 g/mol. The van der Waals surface area contributed by atoms with Gasteiger partial charge in [0, 0.05) is 17.1 Å². The summed E-state index contributed by atoms with van der Waals surface area (Å²) in [5.74, 6) is -1.98. The van der Waals surface area contributed by atoms with Crippen molar-refractivity contribution in [2.75, 3.05) is 6.61 Å². The van der Waals surface area contributed by atoms with Crippen LogP contribution in [0.25, 0.3) is 17.0 Å². The molecule has 1 aliphatic rings. The highest BCUT2D eigenvalue weighted by Crippen LogP contribution is 2.39. The fourth-order valence-corrected chi connectivity index (χ4v) is 7.14. The van der Waals surface area contributed by atoms with Crippen LogP contribution in [0.4, 0.5) is 0 Å². The second-order valence-electron chi connectivity index (χ2n) is 10.1. The number of nitrogens with zero attached hydrogens (tertiary/aromatic N) is 2. The van der Waals surface area contributed by atoms with Crippen LogP contribution in [0.15, 0.2) is 95.5 Å². The number of hydrogen-bond donors (Lipinski definition) is 3. The van der Waals surface area contributed by atoms with Crippen molar-refractivity contribution in [2.45, 2.75) is 36.1 Å². The van der Waals surface area contributed by atoms with Gasteiger partial charge in [0.05, 0.1) is 23.6 Å². The molecule has 220 valence electrons. The number of hydrogen-bond acceptors (Lipinski definition) is 8. The Morgan fingerprint density at radius 2 is 1.72 bits per heavy atom. The molecule has 11 heteroatoms. The van der Waals surface area contributed by atoms with Crippen LogP contribution < -0.4 is 11.5 Å². The number of esters is 1. The van der Waals surface area contributed by atoms with Crippen LogP contribution in [0.2, 0.25) is 0 Å². The molecule has 0 radical (unpaired) electrons. The van der Waals surface area contributed by atoms with Crippen LogP contribution in [0.1, 0.15) is 40.4 Å². The molecule has 0 bridgehead atoms. The summed E-state index contributed by atoms with van der Waals surface area (Å²) >= 11 is 0. The maximum Gasteiger partial charge on any atom is 0.346 e. The Kier molecular flexibility index (Phi) is 8.12. The summed E-state index contributed by atoms with van der Waals surface area (Å²) in [7, 11) is -4.58. The molecule has 10 nitrogen and oxygen atoms in total. The molecule has 5 rings (SSSR count). The molecule has 3 aromatic carbocycles. The smallest absolute Gasteiger partial charge is 0.346 e. The molecule has 1 amide bonds. The van der Waals surface area contributed by atoms with Crippen molar-refractivity contribution in [2.24, 2.45) is 11.5 Å². The van der Waals surface area contributed by atoms with Crippen LogP contribution in [-0.4, -0.2) is 47.6 Å². The van der Waals surface area contributed by atoms with E-state index in [-0.39, 0.29) is 42.0 Å². The Balaban J connectivity index is 1.60. The molecule has 0 saturated carbocycles. The minimum Gasteiger partial charge on any atom is -0.464 e. The molecule has 1 atom stereocenters. The van der Waals surface area contributed by atoms with Crippen LogP contribution in [-0.2, 0) is 32.3 Å². The topological polar surface area (TPSA) is 170 Å². The number of guanidine groups is 1. The number of para-hydroxylation sites is 1. The van der Waals surface area contributed by atoms with E-state index in [1.54, 1.807) is 49.4 Å². The number of carbonyl (C=O) groups is 2. The number of nitrogens with one attached hydrogen (secondary N) is 1. The number of ether oxygens (including phenoxy) is 1. The molecule has 4 aromatic rings. The Morgan fingerprint density at radius 3 is 2.44 bits per heavy atom. The standard InChI is InChI=1S/C32H31N5O5S/c1-2-42-30(39)32(35,43(40,41)27-15-7-11-22-13-8-18-36-28(22)27)24-16-17-25-23(19-24)12-6-14-26(25)29(38)37(31(33)34)20-21-9-4-3-5-10-21/h3-15,18-19H,2,16-17,20,35H2,1H3,(H3,33,34). The lowest BCUT2D eigenvalue weighted by Gasteiger charge is -2.32. The number of amides is 1. The molecular weight excluding hydrogens is 566 g/mol. The van der Waals surface area contributed by atoms with E-state index in [2.05, 4.69) is 4.98 Å². The van der Waals surface area contributed by atoms with E-state index in [4.69, 9.17) is 21.6 Å². The van der Waals surface area contributed by atoms with Gasteiger partial charge in [-0.05, 0) is 60.2 Å². The number of sulfone groups is 1. The first-order valence-electron chi connectivity index (χ1n) is 13.7. The van der Waals surface area contributed by atoms with Crippen molar-refractivity contribution < 1.29 is 22.7 Å². The lowest BCUT2D eigenvalue weighted by Crippen LogP contribution is -2.57. The van der Waals surface area contributed by atoms with Gasteiger partial charge in [0.1, 0.15) is 0 Å². The monoisotopic (exact) mass is 597 g/mol. The van der Waals surface area contributed by atoms with Crippen molar-refractivity contribution in [1.29, 1.82) is 5.41 Å². The van der Waals surface area contributed by atoms with Crippen LogP contribution in [0.5, 0.6) is 0 Å². The van der Waals surface area contributed by atoms with Gasteiger partial charge >= 0.3 is 5.97 Å². The van der Waals surface area contributed by atoms with Gasteiger partial charge < -0.3 is 10.5 Å². The van der Waals surface area contributed by atoms with Gasteiger partial charge in [-0.2, -0.15) is 0 Å². The van der Waals surface area contributed by atoms with Crippen LogP contribution >= 0.6 is 0 Å². The molecule has 0 saturated heterocycles. The number of nitrogens with two attached hydrogens (primary N) is 2. The molecule has 0 spiro atoms. The lowest BCUT2D eigenvalue weighted by molar-refractivity contribution is -0.145. The Labute approximate surface area is 249 Å². The number of rotatable bonds is 8. The van der Waals surface area contributed by atoms with Gasteiger partial charge in [-0.1, -0.05) is 66.7 Å². The summed E-state index contributed by atoms with van der Waals surface area (Å²) in [6, 6.07) is 22.3. The molecule has 43 heavy (non-hydrogen) atoms. The maximum atomic E-state index is 14.3. The first-order valence-corrected chi connectivity index (χ1v) is 15.1. The van der Waals surface area contributed by atoms with Gasteiger partial charge in [0.15, 0.2) is 5.96 Å². The fourth-order valence-electron chi connectivity index (χ4n) is 5.33. The third kappa shape index (κ3) is 5.28. The summed E-state index contributed by atoms with van der Waals surface area (Å²) < 4.78 is 33.8. The number of pyridine rings is 1. The van der Waals surface area contributed by atoms with E-state index < -0.39 is 32.5 Å². The van der Waals surface area contributed by atoms with Crippen molar-refractivity contribution in [3.63, 3.8) is 0 Å². The zero-order valence-corrected chi connectivity index (χ0v) is 24.3. The summed E-state index contributed by atoms with van der Waals surface area (Å²) in [5, 5.41) is 8.64. The molecule has 5 N–H and O–H groups in total. The van der Waals surface area contributed by atoms with E-state index in [9.17, 15) is 18.0 Å². The third-order valence-corrected chi connectivity index (χ3v) is 9.69. The third-order valence-electron chi connectivity index (χ3n) is 7.50. The van der Waals surface area contributed by atoms with Crippen molar-refractivity contribution in [3.8, 4) is 0 Å². The molecule has 1 aromatic heterocycles. The van der Waals surface area contributed by atoms with Gasteiger partial charge in [0.25, 0.3) is 5.91 Å². The van der Waals surface area contributed by atoms with Crippen LogP contribution in [0, 0.1) is 5.41 Å². The Morgan fingerprint density at radius 1 is 1.00 bits per heavy atom. The highest BCUT2D eigenvalue weighted by Gasteiger charge is 2.53. The maximum absolute atomic E-state index is 14.3. The minimum atomic E-state index is -4.58. The Bertz CT molecular complexity index is 1870. The average Bonchev–Trinajstić information content (AvgIpc) is 3.02. The van der Waals surface area contributed by atoms with Gasteiger partial charge in [-0.15, -0.1) is 0 Å². The summed E-state index contributed by atoms with van der Waals surface area (Å²) in [5.41, 5.74) is 15.1. The SMILES string of the molecule is CCOC(=O)C(N)(C1=Cc2cccc(C(=O)N(Cc3ccccc3)C(=N)N)c2CC1)S(=O)(=O)c1cccc2cccnc12. The lowest BCUT2D eigenvalue weighted by atomic mass is 9.85. The largest absolute Gasteiger partial charge is 0.464 e. The number of fused-ring (bicyclic) bond motifs is 2. The second-order valence-corrected chi connectivity index (χ2v) is 12.2. The summed E-state index contributed by atoms with van der Waals surface area (Å²) in [4.78, 5) is 29.8. The summed E-state index contributed by atoms with van der Waals surface area (Å²) in [6.45, 7) is 1.60. The molecule has 0 fully saturated rings. The number of carbonyl (C=O) groups excluding carboxylic acids is 2. The number of aromatic nitrogens is 1. The van der Waals surface area contributed by atoms with E-state index in [0.29, 0.717) is 22.1 Å². The van der Waals surface area contributed by atoms with Gasteiger partial charge in [-0.25, -0.2) is 13.2 Å². The molecule has 1 heterocycles. The zero-order chi connectivity index (χ0) is 30.8. The fraction of sp³-hybridized carbons (Fsp3) is 0.188. The van der Waals surface area contributed by atoms with Gasteiger partial charge in [-0.3, -0.25) is 25.8 Å². The zero-order valence-electron chi connectivity index (χ0n) is 23.5. The predicted octanol–water partition coefficient (Wildman–Crippen LogP) is 3.79. The predicted molar refractivity (Wildman–Crippen MR) is 163 cm³/mol.